The Morgan fingerprint density at radius 3 is 2.64 bits per heavy atom. The number of benzene rings is 1. The van der Waals surface area contributed by atoms with Gasteiger partial charge in [0.25, 0.3) is 0 Å². The summed E-state index contributed by atoms with van der Waals surface area (Å²) in [5, 5.41) is 10.1. The zero-order valence-corrected chi connectivity index (χ0v) is 13.7. The third-order valence-corrected chi connectivity index (χ3v) is 3.68. The Morgan fingerprint density at radius 2 is 1.95 bits per heavy atom. The first kappa shape index (κ1) is 15.8. The van der Waals surface area contributed by atoms with Crippen LogP contribution in [0.15, 0.2) is 30.3 Å². The van der Waals surface area contributed by atoms with E-state index >= 15 is 0 Å². The van der Waals surface area contributed by atoms with Crippen LogP contribution >= 0.6 is 0 Å². The predicted octanol–water partition coefficient (Wildman–Crippen LogP) is 4.33. The second-order valence-corrected chi connectivity index (χ2v) is 5.34. The van der Waals surface area contributed by atoms with Gasteiger partial charge in [-0.3, -0.25) is 5.32 Å². The maximum atomic E-state index is 12.2. The molecule has 0 atom stereocenters. The topological polar surface area (TPSA) is 59.0 Å². The number of carbonyl (C=O) groups is 1. The molecule has 116 valence electrons. The number of hydrogen-bond donors (Lipinski definition) is 2. The van der Waals surface area contributed by atoms with E-state index in [1.165, 1.54) is 0 Å². The molecule has 22 heavy (non-hydrogen) atoms. The minimum absolute atomic E-state index is 0.279. The number of allylic oxidation sites excluding steroid dienone is 2. The lowest BCUT2D eigenvalue weighted by Crippen LogP contribution is -2.22. The van der Waals surface area contributed by atoms with Gasteiger partial charge in [-0.2, -0.15) is 5.10 Å². The van der Waals surface area contributed by atoms with Gasteiger partial charge in [0.15, 0.2) is 0 Å². The monoisotopic (exact) mass is 298 g/mol. The first-order chi connectivity index (χ1) is 10.4. The van der Waals surface area contributed by atoms with Crippen LogP contribution in [0.3, 0.4) is 0 Å². The molecule has 1 aromatic heterocycles. The predicted molar refractivity (Wildman–Crippen MR) is 91.1 cm³/mol. The number of hydrogen-bond acceptors (Lipinski definition) is 2. The summed E-state index contributed by atoms with van der Waals surface area (Å²) in [6.07, 6.45) is 1.94. The number of urea groups is 1. The molecule has 2 aromatic rings. The quantitative estimate of drug-likeness (QED) is 0.886. The molecule has 0 aliphatic carbocycles. The lowest BCUT2D eigenvalue weighted by molar-refractivity contribution is 0.262. The van der Waals surface area contributed by atoms with Crippen molar-refractivity contribution in [3.63, 3.8) is 0 Å². The average Bonchev–Trinajstić information content (AvgIpc) is 2.83. The van der Waals surface area contributed by atoms with E-state index in [-0.39, 0.29) is 6.03 Å². The van der Waals surface area contributed by atoms with E-state index in [1.807, 2.05) is 65.0 Å². The number of aromatic nitrogens is 2. The first-order valence-corrected chi connectivity index (χ1v) is 7.26. The van der Waals surface area contributed by atoms with E-state index in [2.05, 4.69) is 15.7 Å². The molecule has 0 saturated carbocycles. The minimum atomic E-state index is -0.279. The van der Waals surface area contributed by atoms with Crippen LogP contribution in [-0.2, 0) is 0 Å². The fraction of sp³-hybridized carbons (Fsp3) is 0.294. The van der Waals surface area contributed by atoms with Crippen LogP contribution in [0.4, 0.5) is 16.3 Å². The summed E-state index contributed by atoms with van der Waals surface area (Å²) in [5.41, 5.74) is 4.82. The van der Waals surface area contributed by atoms with Crippen molar-refractivity contribution in [3.05, 3.63) is 47.2 Å². The second kappa shape index (κ2) is 6.47. The van der Waals surface area contributed by atoms with Gasteiger partial charge in [-0.15, -0.1) is 0 Å². The van der Waals surface area contributed by atoms with Crippen molar-refractivity contribution < 1.29 is 4.79 Å². The Kier molecular flexibility index (Phi) is 4.65. The van der Waals surface area contributed by atoms with Crippen LogP contribution in [-0.4, -0.2) is 15.8 Å². The number of rotatable bonds is 3. The number of nitrogens with zero attached hydrogens (tertiary/aromatic N) is 2. The van der Waals surface area contributed by atoms with Crippen LogP contribution < -0.4 is 10.6 Å². The molecule has 5 heteroatoms. The summed E-state index contributed by atoms with van der Waals surface area (Å²) in [7, 11) is 0. The molecule has 0 fully saturated rings. The molecule has 0 radical (unpaired) electrons. The van der Waals surface area contributed by atoms with Gasteiger partial charge >= 0.3 is 6.03 Å². The molecule has 0 spiro atoms. The largest absolute Gasteiger partial charge is 0.324 e. The summed E-state index contributed by atoms with van der Waals surface area (Å²) in [5.74, 6) is 0.649. The van der Waals surface area contributed by atoms with Crippen molar-refractivity contribution in [1.82, 2.24) is 9.78 Å². The highest BCUT2D eigenvalue weighted by atomic mass is 16.2. The van der Waals surface area contributed by atoms with Crippen molar-refractivity contribution in [2.24, 2.45) is 0 Å². The number of carbonyl (C=O) groups excluding carboxylic acids is 1. The smallest absolute Gasteiger partial charge is 0.307 e. The van der Waals surface area contributed by atoms with Crippen LogP contribution in [0.2, 0.25) is 0 Å². The van der Waals surface area contributed by atoms with E-state index in [0.717, 1.165) is 28.2 Å². The molecule has 2 rings (SSSR count). The van der Waals surface area contributed by atoms with Gasteiger partial charge in [0.2, 0.25) is 0 Å². The lowest BCUT2D eigenvalue weighted by Gasteiger charge is -2.12. The van der Waals surface area contributed by atoms with Crippen LogP contribution in [0.1, 0.15) is 30.7 Å². The molecule has 0 aliphatic rings. The Labute approximate surface area is 131 Å². The van der Waals surface area contributed by atoms with Crippen molar-refractivity contribution in [3.8, 4) is 0 Å². The van der Waals surface area contributed by atoms with Gasteiger partial charge in [0.05, 0.1) is 5.69 Å². The molecule has 0 aliphatic heterocycles. The third kappa shape index (κ3) is 3.36. The van der Waals surface area contributed by atoms with Crippen molar-refractivity contribution in [2.75, 3.05) is 10.6 Å². The standard InChI is InChI=1S/C17H22N4O/c1-6-13(4)21-16(10-12(3)20-21)19-17(22)18-15-9-7-8-11(2)14(15)5/h6-10H,1-5H3,(H2,18,19,22). The van der Waals surface area contributed by atoms with Crippen LogP contribution in [0.5, 0.6) is 0 Å². The molecule has 2 amide bonds. The fourth-order valence-electron chi connectivity index (χ4n) is 2.14. The van der Waals surface area contributed by atoms with Crippen molar-refractivity contribution >= 4 is 23.2 Å². The highest BCUT2D eigenvalue weighted by Gasteiger charge is 2.11. The van der Waals surface area contributed by atoms with E-state index in [1.54, 1.807) is 4.68 Å². The number of amides is 2. The van der Waals surface area contributed by atoms with Crippen LogP contribution in [0, 0.1) is 20.8 Å². The highest BCUT2D eigenvalue weighted by molar-refractivity contribution is 6.00. The fourth-order valence-corrected chi connectivity index (χ4v) is 2.14. The zero-order valence-electron chi connectivity index (χ0n) is 13.7. The molecular weight excluding hydrogens is 276 g/mol. The summed E-state index contributed by atoms with van der Waals surface area (Å²) >= 11 is 0. The van der Waals surface area contributed by atoms with Gasteiger partial charge in [0, 0.05) is 17.5 Å². The molecule has 2 N–H and O–H groups in total. The number of anilines is 2. The van der Waals surface area contributed by atoms with E-state index in [9.17, 15) is 4.79 Å². The Bertz CT molecular complexity index is 728. The zero-order chi connectivity index (χ0) is 16.3. The second-order valence-electron chi connectivity index (χ2n) is 5.34. The highest BCUT2D eigenvalue weighted by Crippen LogP contribution is 2.19. The number of aryl methyl sites for hydroxylation is 2. The van der Waals surface area contributed by atoms with E-state index in [4.69, 9.17) is 0 Å². The molecule has 0 saturated heterocycles. The van der Waals surface area contributed by atoms with Gasteiger partial charge in [-0.1, -0.05) is 18.2 Å². The lowest BCUT2D eigenvalue weighted by atomic mass is 10.1. The average molecular weight is 298 g/mol. The Morgan fingerprint density at radius 1 is 1.23 bits per heavy atom. The third-order valence-electron chi connectivity index (χ3n) is 3.68. The van der Waals surface area contributed by atoms with Gasteiger partial charge in [-0.25, -0.2) is 9.48 Å². The summed E-state index contributed by atoms with van der Waals surface area (Å²) in [6, 6.07) is 7.40. The van der Waals surface area contributed by atoms with E-state index in [0.29, 0.717) is 5.82 Å². The van der Waals surface area contributed by atoms with Gasteiger partial charge in [0.1, 0.15) is 5.82 Å². The molecule has 1 aromatic carbocycles. The summed E-state index contributed by atoms with van der Waals surface area (Å²) in [6.45, 7) is 9.79. The minimum Gasteiger partial charge on any atom is -0.307 e. The SMILES string of the molecule is CC=C(C)n1nc(C)cc1NC(=O)Nc1cccc(C)c1C. The molecule has 0 bridgehead atoms. The van der Waals surface area contributed by atoms with Crippen molar-refractivity contribution in [2.45, 2.75) is 34.6 Å². The van der Waals surface area contributed by atoms with Crippen molar-refractivity contribution in [1.29, 1.82) is 0 Å². The normalized spacial score (nSPS) is 11.4. The maximum absolute atomic E-state index is 12.2. The summed E-state index contributed by atoms with van der Waals surface area (Å²) in [4.78, 5) is 12.2. The summed E-state index contributed by atoms with van der Waals surface area (Å²) < 4.78 is 1.72. The van der Waals surface area contributed by atoms with Crippen LogP contribution in [0.25, 0.3) is 5.70 Å². The maximum Gasteiger partial charge on any atom is 0.324 e. The molecule has 1 heterocycles. The van der Waals surface area contributed by atoms with Gasteiger partial charge in [-0.05, 0) is 51.8 Å². The first-order valence-electron chi connectivity index (χ1n) is 7.26. The van der Waals surface area contributed by atoms with Gasteiger partial charge < -0.3 is 5.32 Å². The Balaban J connectivity index is 2.18. The molecule has 0 unspecified atom stereocenters. The van der Waals surface area contributed by atoms with E-state index < -0.39 is 0 Å². The molecular formula is C17H22N4O. The Hall–Kier alpha value is -2.56. The number of nitrogens with one attached hydrogen (secondary N) is 2. The molecule has 5 nitrogen and oxygen atoms in total.